The van der Waals surface area contributed by atoms with E-state index in [9.17, 15) is 4.79 Å². The van der Waals surface area contributed by atoms with E-state index in [-0.39, 0.29) is 11.2 Å². The van der Waals surface area contributed by atoms with Crippen LogP contribution in [-0.4, -0.2) is 40.5 Å². The number of nitrogens with one attached hydrogen (secondary N) is 1. The topological polar surface area (TPSA) is 90.0 Å². The number of hydrogen-bond donors (Lipinski definition) is 1. The maximum absolute atomic E-state index is 13.1. The minimum Gasteiger partial charge on any atom is -0.351 e. The predicted molar refractivity (Wildman–Crippen MR) is 147 cm³/mol. The van der Waals surface area contributed by atoms with Gasteiger partial charge in [0.2, 0.25) is 5.91 Å². The number of thioether (sulfide) groups is 1. The summed E-state index contributed by atoms with van der Waals surface area (Å²) in [5.74, 6) is 0.713. The van der Waals surface area contributed by atoms with Gasteiger partial charge in [0.1, 0.15) is 0 Å². The first-order valence-electron chi connectivity index (χ1n) is 12.6. The Morgan fingerprint density at radius 1 is 1.03 bits per heavy atom. The van der Waals surface area contributed by atoms with Gasteiger partial charge < -0.3 is 5.32 Å². The van der Waals surface area contributed by atoms with Crippen molar-refractivity contribution in [2.45, 2.75) is 64.0 Å². The van der Waals surface area contributed by atoms with E-state index >= 15 is 0 Å². The van der Waals surface area contributed by atoms with E-state index in [2.05, 4.69) is 42.5 Å². The minimum atomic E-state index is -0.301. The van der Waals surface area contributed by atoms with Crippen LogP contribution in [0.1, 0.15) is 41.7 Å². The Kier molecular flexibility index (Phi) is 7.23. The molecule has 5 rings (SSSR count). The van der Waals surface area contributed by atoms with Gasteiger partial charge in [-0.05, 0) is 51.0 Å². The lowest BCUT2D eigenvalue weighted by Crippen LogP contribution is -2.32. The number of benzene rings is 2. The van der Waals surface area contributed by atoms with Crippen molar-refractivity contribution < 1.29 is 4.79 Å². The third-order valence-electron chi connectivity index (χ3n) is 6.34. The number of nitrogens with zero attached hydrogens (tertiary/aromatic N) is 6. The van der Waals surface area contributed by atoms with Crippen molar-refractivity contribution in [3.63, 3.8) is 0 Å². The lowest BCUT2D eigenvalue weighted by Gasteiger charge is -2.15. The van der Waals surface area contributed by atoms with Crippen LogP contribution in [0.25, 0.3) is 16.6 Å². The summed E-state index contributed by atoms with van der Waals surface area (Å²) < 4.78 is 3.78. The molecule has 0 aliphatic rings. The summed E-state index contributed by atoms with van der Waals surface area (Å²) >= 11 is 1.43. The zero-order valence-electron chi connectivity index (χ0n) is 21.6. The molecule has 37 heavy (non-hydrogen) atoms. The van der Waals surface area contributed by atoms with E-state index in [0.29, 0.717) is 31.1 Å². The molecule has 1 unspecified atom stereocenters. The van der Waals surface area contributed by atoms with Crippen LogP contribution in [0.2, 0.25) is 0 Å². The molecular weight excluding hydrogens is 482 g/mol. The van der Waals surface area contributed by atoms with Gasteiger partial charge in [0.05, 0.1) is 16.5 Å². The molecular formula is C28H31N7OS. The molecule has 1 amide bonds. The van der Waals surface area contributed by atoms with Crippen LogP contribution in [0.4, 0.5) is 0 Å². The van der Waals surface area contributed by atoms with Gasteiger partial charge in [0.25, 0.3) is 0 Å². The number of carbonyl (C=O) groups excluding carboxylic acids is 1. The Labute approximate surface area is 220 Å². The zero-order valence-corrected chi connectivity index (χ0v) is 22.4. The smallest absolute Gasteiger partial charge is 0.233 e. The maximum atomic E-state index is 13.1. The summed E-state index contributed by atoms with van der Waals surface area (Å²) in [6, 6.07) is 18.2. The summed E-state index contributed by atoms with van der Waals surface area (Å²) in [4.78, 5) is 22.8. The molecule has 190 valence electrons. The molecule has 0 radical (unpaired) electrons. The second-order valence-corrected chi connectivity index (χ2v) is 10.5. The molecule has 5 aromatic rings. The van der Waals surface area contributed by atoms with Crippen LogP contribution in [-0.2, 0) is 24.3 Å². The average molecular weight is 514 g/mol. The fourth-order valence-corrected chi connectivity index (χ4v) is 5.31. The molecule has 1 atom stereocenters. The zero-order chi connectivity index (χ0) is 25.9. The normalized spacial score (nSPS) is 12.3. The molecule has 2 aromatic carbocycles. The van der Waals surface area contributed by atoms with E-state index in [4.69, 9.17) is 15.1 Å². The van der Waals surface area contributed by atoms with Gasteiger partial charge in [0, 0.05) is 30.6 Å². The van der Waals surface area contributed by atoms with Gasteiger partial charge in [-0.25, -0.2) is 9.97 Å². The third kappa shape index (κ3) is 5.51. The average Bonchev–Trinajstić information content (AvgIpc) is 3.47. The molecule has 3 heterocycles. The lowest BCUT2D eigenvalue weighted by molar-refractivity contribution is -0.120. The maximum Gasteiger partial charge on any atom is 0.233 e. The van der Waals surface area contributed by atoms with Crippen LogP contribution in [0, 0.1) is 20.8 Å². The highest BCUT2D eigenvalue weighted by molar-refractivity contribution is 8.00. The number of carbonyl (C=O) groups is 1. The number of aryl methyl sites for hydroxylation is 5. The molecule has 8 nitrogen and oxygen atoms in total. The highest BCUT2D eigenvalue weighted by Gasteiger charge is 2.22. The largest absolute Gasteiger partial charge is 0.351 e. The number of amides is 1. The Balaban J connectivity index is 1.40. The Bertz CT molecular complexity index is 1550. The summed E-state index contributed by atoms with van der Waals surface area (Å²) in [5, 5.41) is 13.7. The molecule has 1 N–H and O–H groups in total. The number of aromatic nitrogens is 6. The van der Waals surface area contributed by atoms with Gasteiger partial charge >= 0.3 is 0 Å². The first-order valence-corrected chi connectivity index (χ1v) is 13.4. The van der Waals surface area contributed by atoms with Crippen molar-refractivity contribution >= 4 is 34.2 Å². The van der Waals surface area contributed by atoms with Gasteiger partial charge in [-0.1, -0.05) is 60.6 Å². The highest BCUT2D eigenvalue weighted by atomic mass is 32.2. The Hall–Kier alpha value is -3.72. The Morgan fingerprint density at radius 3 is 2.54 bits per heavy atom. The second kappa shape index (κ2) is 10.7. The summed E-state index contributed by atoms with van der Waals surface area (Å²) in [7, 11) is 0. The molecule has 3 aromatic heterocycles. The van der Waals surface area contributed by atoms with Crippen molar-refractivity contribution in [3.05, 3.63) is 82.9 Å². The van der Waals surface area contributed by atoms with Gasteiger partial charge in [-0.15, -0.1) is 5.10 Å². The van der Waals surface area contributed by atoms with Crippen LogP contribution in [0.3, 0.4) is 0 Å². The number of fused-ring (bicyclic) bond motifs is 3. The molecule has 9 heteroatoms. The van der Waals surface area contributed by atoms with Crippen molar-refractivity contribution in [1.82, 2.24) is 34.7 Å². The first kappa shape index (κ1) is 25.0. The number of rotatable bonds is 9. The number of hydrogen-bond acceptors (Lipinski definition) is 6. The molecule has 0 saturated heterocycles. The minimum absolute atomic E-state index is 0.0129. The van der Waals surface area contributed by atoms with E-state index in [1.807, 2.05) is 54.9 Å². The standard InChI is InChI=1S/C28H31N7OS/c1-5-24(27(36)29-17-21-12-10-18(2)11-13-21)37-28-30-23-9-7-6-8-22(23)26-31-25(33-35(26)28)14-15-34-20(4)16-19(3)32-34/h6-13,16,24H,5,14-15,17H2,1-4H3,(H,29,36). The second-order valence-electron chi connectivity index (χ2n) is 9.29. The van der Waals surface area contributed by atoms with Gasteiger partial charge in [-0.2, -0.15) is 9.61 Å². The van der Waals surface area contributed by atoms with Gasteiger partial charge in [0.15, 0.2) is 16.6 Å². The Morgan fingerprint density at radius 2 is 1.81 bits per heavy atom. The fourth-order valence-electron chi connectivity index (χ4n) is 4.32. The first-order chi connectivity index (χ1) is 17.9. The van der Waals surface area contributed by atoms with Crippen LogP contribution >= 0.6 is 11.8 Å². The van der Waals surface area contributed by atoms with Crippen LogP contribution < -0.4 is 5.32 Å². The van der Waals surface area contributed by atoms with E-state index in [1.54, 1.807) is 4.52 Å². The fraction of sp³-hybridized carbons (Fsp3) is 0.321. The van der Waals surface area contributed by atoms with Crippen LogP contribution in [0.5, 0.6) is 0 Å². The molecule has 0 saturated carbocycles. The van der Waals surface area contributed by atoms with Crippen molar-refractivity contribution in [2.24, 2.45) is 0 Å². The summed E-state index contributed by atoms with van der Waals surface area (Å²) in [6.45, 7) is 9.31. The van der Waals surface area contributed by atoms with Crippen molar-refractivity contribution in [3.8, 4) is 0 Å². The quantitative estimate of drug-likeness (QED) is 0.224. The summed E-state index contributed by atoms with van der Waals surface area (Å²) in [5.41, 5.74) is 5.99. The molecule has 0 spiro atoms. The van der Waals surface area contributed by atoms with Crippen molar-refractivity contribution in [1.29, 1.82) is 0 Å². The predicted octanol–water partition coefficient (Wildman–Crippen LogP) is 4.83. The summed E-state index contributed by atoms with van der Waals surface area (Å²) in [6.07, 6.45) is 1.32. The SMILES string of the molecule is CCC(Sc1nc2ccccc2c2nc(CCn3nc(C)cc3C)nn12)C(=O)NCc1ccc(C)cc1. The van der Waals surface area contributed by atoms with E-state index in [0.717, 1.165) is 39.3 Å². The van der Waals surface area contributed by atoms with Crippen LogP contribution in [0.15, 0.2) is 59.8 Å². The lowest BCUT2D eigenvalue weighted by atomic mass is 10.1. The van der Waals surface area contributed by atoms with Crippen molar-refractivity contribution in [2.75, 3.05) is 0 Å². The van der Waals surface area contributed by atoms with E-state index < -0.39 is 0 Å². The molecule has 0 bridgehead atoms. The highest BCUT2D eigenvalue weighted by Crippen LogP contribution is 2.28. The number of para-hydroxylation sites is 1. The third-order valence-corrected chi connectivity index (χ3v) is 7.65. The van der Waals surface area contributed by atoms with Gasteiger partial charge in [-0.3, -0.25) is 9.48 Å². The van der Waals surface area contributed by atoms with E-state index in [1.165, 1.54) is 17.3 Å². The monoisotopic (exact) mass is 513 g/mol. The molecule has 0 aliphatic heterocycles. The molecule has 0 aliphatic carbocycles. The molecule has 0 fully saturated rings.